The Labute approximate surface area is 136 Å². The van der Waals surface area contributed by atoms with Crippen LogP contribution in [0.5, 0.6) is 0 Å². The highest BCUT2D eigenvalue weighted by atomic mass is 35.5. The van der Waals surface area contributed by atoms with Gasteiger partial charge in [-0.2, -0.15) is 0 Å². The number of aliphatic hydroxyl groups excluding tert-OH is 1. The van der Waals surface area contributed by atoms with E-state index in [0.29, 0.717) is 37.9 Å². The fourth-order valence-corrected chi connectivity index (χ4v) is 2.47. The highest BCUT2D eigenvalue weighted by molar-refractivity contribution is 6.30. The molecule has 0 unspecified atom stereocenters. The number of benzene rings is 1. The smallest absolute Gasteiger partial charge is 0.317 e. The molecule has 1 aromatic carbocycles. The predicted molar refractivity (Wildman–Crippen MR) is 85.9 cm³/mol. The van der Waals surface area contributed by atoms with Crippen LogP contribution in [0.1, 0.15) is 18.9 Å². The number of carbonyl (C=O) groups is 1. The molecular weight excluding hydrogens is 304 g/mol. The molecule has 6 heteroatoms. The van der Waals surface area contributed by atoms with Crippen LogP contribution in [0.25, 0.3) is 0 Å². The van der Waals surface area contributed by atoms with E-state index in [1.54, 1.807) is 4.90 Å². The van der Waals surface area contributed by atoms with Crippen molar-refractivity contribution in [1.29, 1.82) is 0 Å². The summed E-state index contributed by atoms with van der Waals surface area (Å²) in [5, 5.41) is 13.3. The van der Waals surface area contributed by atoms with E-state index in [1.165, 1.54) is 0 Å². The molecule has 2 atom stereocenters. The van der Waals surface area contributed by atoms with Crippen molar-refractivity contribution >= 4 is 17.6 Å². The summed E-state index contributed by atoms with van der Waals surface area (Å²) in [5.74, 6) is 0.256. The van der Waals surface area contributed by atoms with E-state index in [2.05, 4.69) is 5.32 Å². The van der Waals surface area contributed by atoms with Crippen LogP contribution in [0.2, 0.25) is 5.02 Å². The van der Waals surface area contributed by atoms with Gasteiger partial charge < -0.3 is 20.1 Å². The average molecular weight is 327 g/mol. The topological polar surface area (TPSA) is 61.8 Å². The van der Waals surface area contributed by atoms with Crippen LogP contribution in [-0.4, -0.2) is 48.4 Å². The number of β-amino-alcohol motifs (C(OH)–C–C–N with tert-alkyl or cyclic N) is 1. The summed E-state index contributed by atoms with van der Waals surface area (Å²) in [6.45, 7) is 4.49. The maximum absolute atomic E-state index is 12.0. The SMILES string of the molecule is C[C@H]1CCN(C(=O)NCCOCc2ccc(Cl)cc2)C[C@@H]1O. The van der Waals surface area contributed by atoms with E-state index in [9.17, 15) is 9.90 Å². The first-order chi connectivity index (χ1) is 10.6. The molecule has 2 amide bonds. The third-order valence-corrected chi connectivity index (χ3v) is 4.16. The van der Waals surface area contributed by atoms with Gasteiger partial charge >= 0.3 is 6.03 Å². The lowest BCUT2D eigenvalue weighted by Gasteiger charge is -2.34. The van der Waals surface area contributed by atoms with E-state index < -0.39 is 6.10 Å². The third-order valence-electron chi connectivity index (χ3n) is 3.91. The average Bonchev–Trinajstić information content (AvgIpc) is 2.51. The van der Waals surface area contributed by atoms with Gasteiger partial charge in [-0.3, -0.25) is 0 Å². The minimum absolute atomic E-state index is 0.138. The van der Waals surface area contributed by atoms with Gasteiger partial charge in [-0.25, -0.2) is 4.79 Å². The maximum atomic E-state index is 12.0. The second kappa shape index (κ2) is 8.36. The number of aliphatic hydroxyl groups is 1. The van der Waals surface area contributed by atoms with Gasteiger partial charge in [0.15, 0.2) is 0 Å². The van der Waals surface area contributed by atoms with Gasteiger partial charge in [0.2, 0.25) is 0 Å². The molecule has 0 bridgehead atoms. The molecule has 1 aromatic rings. The highest BCUT2D eigenvalue weighted by Gasteiger charge is 2.26. The van der Waals surface area contributed by atoms with Gasteiger partial charge in [-0.1, -0.05) is 30.7 Å². The summed E-state index contributed by atoms with van der Waals surface area (Å²) in [6, 6.07) is 7.34. The quantitative estimate of drug-likeness (QED) is 0.816. The summed E-state index contributed by atoms with van der Waals surface area (Å²) in [4.78, 5) is 13.6. The lowest BCUT2D eigenvalue weighted by atomic mass is 9.96. The number of urea groups is 1. The molecule has 1 aliphatic heterocycles. The third kappa shape index (κ3) is 5.16. The number of ether oxygens (including phenoxy) is 1. The molecule has 0 spiro atoms. The molecule has 0 aromatic heterocycles. The number of hydrogen-bond acceptors (Lipinski definition) is 3. The Hall–Kier alpha value is -1.30. The molecule has 2 rings (SSSR count). The van der Waals surface area contributed by atoms with Crippen LogP contribution in [0, 0.1) is 5.92 Å². The predicted octanol–water partition coefficient (Wildman–Crippen LogP) is 2.27. The van der Waals surface area contributed by atoms with E-state index in [1.807, 2.05) is 31.2 Å². The molecule has 1 aliphatic rings. The molecule has 1 heterocycles. The number of halogens is 1. The number of hydrogen-bond donors (Lipinski definition) is 2. The summed E-state index contributed by atoms with van der Waals surface area (Å²) in [7, 11) is 0. The molecule has 1 fully saturated rings. The summed E-state index contributed by atoms with van der Waals surface area (Å²) in [6.07, 6.45) is 0.405. The van der Waals surface area contributed by atoms with Crippen molar-refractivity contribution in [2.75, 3.05) is 26.2 Å². The van der Waals surface area contributed by atoms with Crippen molar-refractivity contribution in [2.45, 2.75) is 26.1 Å². The normalized spacial score (nSPS) is 21.7. The van der Waals surface area contributed by atoms with Crippen molar-refractivity contribution in [3.05, 3.63) is 34.9 Å². The van der Waals surface area contributed by atoms with Gasteiger partial charge in [0.1, 0.15) is 0 Å². The molecule has 0 aliphatic carbocycles. The summed E-state index contributed by atoms with van der Waals surface area (Å²) >= 11 is 5.81. The Kier molecular flexibility index (Phi) is 6.49. The number of carbonyl (C=O) groups excluding carboxylic acids is 1. The lowest BCUT2D eigenvalue weighted by molar-refractivity contribution is 0.0428. The molecule has 2 N–H and O–H groups in total. The van der Waals surface area contributed by atoms with Crippen LogP contribution in [-0.2, 0) is 11.3 Å². The first-order valence-corrected chi connectivity index (χ1v) is 7.97. The molecule has 0 radical (unpaired) electrons. The van der Waals surface area contributed by atoms with Crippen LogP contribution in [0.3, 0.4) is 0 Å². The first kappa shape index (κ1) is 17.1. The van der Waals surface area contributed by atoms with Crippen LogP contribution < -0.4 is 5.32 Å². The Morgan fingerprint density at radius 3 is 2.86 bits per heavy atom. The zero-order chi connectivity index (χ0) is 15.9. The Balaban J connectivity index is 1.60. The molecule has 5 nitrogen and oxygen atoms in total. The van der Waals surface area contributed by atoms with E-state index in [-0.39, 0.29) is 11.9 Å². The summed E-state index contributed by atoms with van der Waals surface area (Å²) < 4.78 is 5.51. The van der Waals surface area contributed by atoms with Gasteiger partial charge in [0.25, 0.3) is 0 Å². The molecule has 22 heavy (non-hydrogen) atoms. The number of nitrogens with zero attached hydrogens (tertiary/aromatic N) is 1. The number of likely N-dealkylation sites (tertiary alicyclic amines) is 1. The van der Waals surface area contributed by atoms with Gasteiger partial charge in [0, 0.05) is 24.7 Å². The second-order valence-corrected chi connectivity index (χ2v) is 6.13. The molecule has 0 saturated carbocycles. The second-order valence-electron chi connectivity index (χ2n) is 5.69. The van der Waals surface area contributed by atoms with E-state index in [4.69, 9.17) is 16.3 Å². The zero-order valence-corrected chi connectivity index (χ0v) is 13.6. The molecular formula is C16H23ClN2O3. The minimum Gasteiger partial charge on any atom is -0.391 e. The van der Waals surface area contributed by atoms with Crippen molar-refractivity contribution in [3.8, 4) is 0 Å². The van der Waals surface area contributed by atoms with Gasteiger partial charge in [-0.05, 0) is 30.0 Å². The largest absolute Gasteiger partial charge is 0.391 e. The Bertz CT molecular complexity index is 481. The zero-order valence-electron chi connectivity index (χ0n) is 12.8. The van der Waals surface area contributed by atoms with Gasteiger partial charge in [-0.15, -0.1) is 0 Å². The van der Waals surface area contributed by atoms with Gasteiger partial charge in [0.05, 0.1) is 19.3 Å². The number of piperidine rings is 1. The Morgan fingerprint density at radius 1 is 1.45 bits per heavy atom. The fourth-order valence-electron chi connectivity index (χ4n) is 2.35. The van der Waals surface area contributed by atoms with Crippen molar-refractivity contribution in [2.24, 2.45) is 5.92 Å². The van der Waals surface area contributed by atoms with Crippen LogP contribution in [0.15, 0.2) is 24.3 Å². The molecule has 122 valence electrons. The van der Waals surface area contributed by atoms with Crippen molar-refractivity contribution in [3.63, 3.8) is 0 Å². The first-order valence-electron chi connectivity index (χ1n) is 7.59. The standard InChI is InChI=1S/C16H23ClN2O3/c1-12-6-8-19(10-15(12)20)16(21)18-7-9-22-11-13-2-4-14(17)5-3-13/h2-5,12,15,20H,6-11H2,1H3,(H,18,21)/t12-,15-/m0/s1. The Morgan fingerprint density at radius 2 is 2.18 bits per heavy atom. The van der Waals surface area contributed by atoms with Crippen LogP contribution >= 0.6 is 11.6 Å². The number of amides is 2. The van der Waals surface area contributed by atoms with E-state index >= 15 is 0 Å². The fraction of sp³-hybridized carbons (Fsp3) is 0.562. The van der Waals surface area contributed by atoms with Crippen LogP contribution in [0.4, 0.5) is 4.79 Å². The minimum atomic E-state index is -0.430. The van der Waals surface area contributed by atoms with Crippen molar-refractivity contribution in [1.82, 2.24) is 10.2 Å². The highest BCUT2D eigenvalue weighted by Crippen LogP contribution is 2.16. The molecule has 1 saturated heterocycles. The number of nitrogens with one attached hydrogen (secondary N) is 1. The van der Waals surface area contributed by atoms with Crippen molar-refractivity contribution < 1.29 is 14.6 Å². The van der Waals surface area contributed by atoms with E-state index in [0.717, 1.165) is 12.0 Å². The number of rotatable bonds is 5. The monoisotopic (exact) mass is 326 g/mol. The maximum Gasteiger partial charge on any atom is 0.317 e. The lowest BCUT2D eigenvalue weighted by Crippen LogP contribution is -2.50. The summed E-state index contributed by atoms with van der Waals surface area (Å²) in [5.41, 5.74) is 1.05.